The van der Waals surface area contributed by atoms with Crippen LogP contribution in [0, 0.1) is 19.7 Å². The molecular formula is C31H37FN6O2S. The predicted molar refractivity (Wildman–Crippen MR) is 164 cm³/mol. The Kier molecular flexibility index (Phi) is 8.60. The molecule has 4 aromatic rings. The first kappa shape index (κ1) is 29.0. The van der Waals surface area contributed by atoms with Gasteiger partial charge >= 0.3 is 0 Å². The third-order valence-corrected chi connectivity index (χ3v) is 8.03. The number of hydrogen-bond donors (Lipinski definition) is 0. The zero-order valence-electron chi connectivity index (χ0n) is 23.8. The van der Waals surface area contributed by atoms with Gasteiger partial charge in [0.15, 0.2) is 11.2 Å². The molecule has 0 unspecified atom stereocenters. The highest BCUT2D eigenvalue weighted by Gasteiger charge is 2.30. The van der Waals surface area contributed by atoms with Gasteiger partial charge in [-0.1, -0.05) is 0 Å². The number of halogens is 1. The fraction of sp³-hybridized carbons (Fsp3) is 0.419. The minimum absolute atomic E-state index is 0. The highest BCUT2D eigenvalue weighted by atomic mass is 32.1. The molecule has 0 radical (unpaired) electrons. The van der Waals surface area contributed by atoms with Crippen molar-refractivity contribution in [2.24, 2.45) is 0 Å². The van der Waals surface area contributed by atoms with Crippen molar-refractivity contribution in [3.63, 3.8) is 0 Å². The summed E-state index contributed by atoms with van der Waals surface area (Å²) in [6.07, 6.45) is 9.83. The second-order valence-electron chi connectivity index (χ2n) is 11.1. The lowest BCUT2D eigenvalue weighted by Crippen LogP contribution is -2.48. The van der Waals surface area contributed by atoms with Crippen LogP contribution in [0.4, 0.5) is 10.1 Å². The van der Waals surface area contributed by atoms with E-state index in [9.17, 15) is 9.18 Å². The van der Waals surface area contributed by atoms with E-state index < -0.39 is 5.82 Å². The number of aromatic nitrogens is 4. The third-order valence-electron chi connectivity index (χ3n) is 8.03. The predicted octanol–water partition coefficient (Wildman–Crippen LogP) is 5.07. The number of piperidine rings is 1. The lowest BCUT2D eigenvalue weighted by molar-refractivity contribution is 0.158. The average Bonchev–Trinajstić information content (AvgIpc) is 3.80. The van der Waals surface area contributed by atoms with Gasteiger partial charge in [-0.25, -0.2) is 4.39 Å². The highest BCUT2D eigenvalue weighted by Crippen LogP contribution is 2.37. The van der Waals surface area contributed by atoms with Crippen LogP contribution < -0.4 is 15.1 Å². The van der Waals surface area contributed by atoms with E-state index >= 15 is 0 Å². The summed E-state index contributed by atoms with van der Waals surface area (Å²) in [5, 5.41) is 0.304. The lowest BCUT2D eigenvalue weighted by atomic mass is 10.0. The second kappa shape index (κ2) is 12.2. The number of hydrogen-bond acceptors (Lipinski definition) is 7. The van der Waals surface area contributed by atoms with Crippen molar-refractivity contribution in [3.8, 4) is 5.88 Å². The molecule has 4 aromatic heterocycles. The molecule has 1 aliphatic heterocycles. The Morgan fingerprint density at radius 3 is 2.61 bits per heavy atom. The third kappa shape index (κ3) is 6.23. The molecule has 2 aliphatic rings. The maximum Gasteiger partial charge on any atom is 0.252 e. The maximum absolute atomic E-state index is 14.7. The molecule has 41 heavy (non-hydrogen) atoms. The van der Waals surface area contributed by atoms with Crippen molar-refractivity contribution in [3.05, 3.63) is 87.5 Å². The summed E-state index contributed by atoms with van der Waals surface area (Å²) in [6, 6.07) is 10.1. The number of anilines is 1. The molecule has 1 saturated carbocycles. The molecule has 10 heteroatoms. The van der Waals surface area contributed by atoms with Gasteiger partial charge in [0, 0.05) is 67.6 Å². The van der Waals surface area contributed by atoms with Gasteiger partial charge in [0.1, 0.15) is 5.65 Å². The Bertz CT molecular complexity index is 1590. The van der Waals surface area contributed by atoms with Gasteiger partial charge in [-0.15, -0.1) is 0 Å². The van der Waals surface area contributed by atoms with Crippen LogP contribution in [0.25, 0.3) is 11.0 Å². The SMILES string of the molecule is COc1nc2c(cc1F)c(=O)c(CN(Cc1ccnc(C)c1)[C@H]1CCCN(c3ccc(C)nc3)C1)cn2C1CC1.S. The van der Waals surface area contributed by atoms with Gasteiger partial charge in [0.2, 0.25) is 0 Å². The number of aryl methyl sites for hydroxylation is 2. The highest BCUT2D eigenvalue weighted by molar-refractivity contribution is 7.59. The van der Waals surface area contributed by atoms with E-state index in [4.69, 9.17) is 4.74 Å². The zero-order chi connectivity index (χ0) is 27.8. The van der Waals surface area contributed by atoms with Crippen LogP contribution in [0.2, 0.25) is 0 Å². The summed E-state index contributed by atoms with van der Waals surface area (Å²) in [6.45, 7) is 6.95. The largest absolute Gasteiger partial charge is 0.479 e. The number of fused-ring (bicyclic) bond motifs is 1. The Balaban J connectivity index is 0.00000337. The van der Waals surface area contributed by atoms with Crippen LogP contribution in [-0.4, -0.2) is 50.7 Å². The first-order chi connectivity index (χ1) is 19.4. The fourth-order valence-corrected chi connectivity index (χ4v) is 5.78. The summed E-state index contributed by atoms with van der Waals surface area (Å²) in [5.41, 5.74) is 5.21. The van der Waals surface area contributed by atoms with Gasteiger partial charge in [0.25, 0.3) is 5.88 Å². The molecule has 1 aliphatic carbocycles. The molecular weight excluding hydrogens is 539 g/mol. The molecule has 6 rings (SSSR count). The molecule has 1 atom stereocenters. The zero-order valence-corrected chi connectivity index (χ0v) is 24.8. The van der Waals surface area contributed by atoms with Crippen molar-refractivity contribution < 1.29 is 9.13 Å². The van der Waals surface area contributed by atoms with Gasteiger partial charge in [-0.2, -0.15) is 18.5 Å². The molecule has 0 bridgehead atoms. The first-order valence-electron chi connectivity index (χ1n) is 14.0. The van der Waals surface area contributed by atoms with Crippen molar-refractivity contribution in [1.29, 1.82) is 0 Å². The van der Waals surface area contributed by atoms with Gasteiger partial charge in [0.05, 0.1) is 24.4 Å². The van der Waals surface area contributed by atoms with Crippen molar-refractivity contribution in [2.45, 2.75) is 64.7 Å². The monoisotopic (exact) mass is 576 g/mol. The number of nitrogens with zero attached hydrogens (tertiary/aromatic N) is 6. The Labute approximate surface area is 246 Å². The Morgan fingerprint density at radius 2 is 1.90 bits per heavy atom. The van der Waals surface area contributed by atoms with Crippen molar-refractivity contribution >= 4 is 30.2 Å². The smallest absolute Gasteiger partial charge is 0.252 e. The molecule has 2 fully saturated rings. The molecule has 0 spiro atoms. The van der Waals surface area contributed by atoms with Gasteiger partial charge in [-0.3, -0.25) is 19.7 Å². The number of methoxy groups -OCH3 is 1. The van der Waals surface area contributed by atoms with Crippen LogP contribution in [0.1, 0.15) is 54.2 Å². The minimum atomic E-state index is -0.620. The van der Waals surface area contributed by atoms with E-state index in [-0.39, 0.29) is 36.9 Å². The summed E-state index contributed by atoms with van der Waals surface area (Å²) < 4.78 is 21.9. The number of pyridine rings is 4. The molecule has 216 valence electrons. The number of rotatable bonds is 8. The van der Waals surface area contributed by atoms with Crippen molar-refractivity contribution in [1.82, 2.24) is 24.4 Å². The van der Waals surface area contributed by atoms with Crippen LogP contribution in [0.5, 0.6) is 5.88 Å². The molecule has 0 aromatic carbocycles. The molecule has 5 heterocycles. The molecule has 0 amide bonds. The van der Waals surface area contributed by atoms with Crippen LogP contribution in [0.3, 0.4) is 0 Å². The Morgan fingerprint density at radius 1 is 1.07 bits per heavy atom. The van der Waals surface area contributed by atoms with Crippen LogP contribution in [0.15, 0.2) is 53.7 Å². The van der Waals surface area contributed by atoms with E-state index in [1.54, 1.807) is 0 Å². The molecule has 1 saturated heterocycles. The summed E-state index contributed by atoms with van der Waals surface area (Å²) in [5.74, 6) is -0.707. The maximum atomic E-state index is 14.7. The van der Waals surface area contributed by atoms with E-state index in [2.05, 4.69) is 36.9 Å². The quantitative estimate of drug-likeness (QED) is 0.290. The Hall–Kier alpha value is -3.50. The van der Waals surface area contributed by atoms with E-state index in [1.165, 1.54) is 13.2 Å². The summed E-state index contributed by atoms with van der Waals surface area (Å²) in [7, 11) is 1.39. The first-order valence-corrected chi connectivity index (χ1v) is 14.0. The number of ether oxygens (including phenoxy) is 1. The van der Waals surface area contributed by atoms with E-state index in [0.29, 0.717) is 29.7 Å². The fourth-order valence-electron chi connectivity index (χ4n) is 5.78. The summed E-state index contributed by atoms with van der Waals surface area (Å²) in [4.78, 5) is 31.9. The van der Waals surface area contributed by atoms with Gasteiger partial charge in [-0.05, 0) is 75.4 Å². The van der Waals surface area contributed by atoms with E-state index in [0.717, 1.165) is 61.4 Å². The van der Waals surface area contributed by atoms with E-state index in [1.807, 2.05) is 49.1 Å². The van der Waals surface area contributed by atoms with Crippen molar-refractivity contribution in [2.75, 3.05) is 25.1 Å². The lowest BCUT2D eigenvalue weighted by Gasteiger charge is -2.40. The topological polar surface area (TPSA) is 76.4 Å². The van der Waals surface area contributed by atoms with Gasteiger partial charge < -0.3 is 14.2 Å². The minimum Gasteiger partial charge on any atom is -0.479 e. The second-order valence-corrected chi connectivity index (χ2v) is 11.1. The standard InChI is InChI=1S/C31H35FN6O2.H2S/c1-20-6-7-25(15-34-20)36-12-4-5-26(19-36)37(16-22-10-11-33-21(2)13-22)17-23-18-38(24-8-9-24)30-27(29(23)39)14-28(32)31(35-30)40-3;/h6-7,10-11,13-15,18,24,26H,4-5,8-9,12,16-17,19H2,1-3H3;1H2/t26-;/m0./s1. The van der Waals surface area contributed by atoms with Crippen LogP contribution in [-0.2, 0) is 13.1 Å². The van der Waals surface area contributed by atoms with Crippen LogP contribution >= 0.6 is 13.5 Å². The summed E-state index contributed by atoms with van der Waals surface area (Å²) >= 11 is 0. The average molecular weight is 577 g/mol. The molecule has 8 nitrogen and oxygen atoms in total. The molecule has 0 N–H and O–H groups in total. The normalized spacial score (nSPS) is 17.1.